The first-order valence-corrected chi connectivity index (χ1v) is 10.6. The van der Waals surface area contributed by atoms with Crippen LogP contribution in [0, 0.1) is 0 Å². The van der Waals surface area contributed by atoms with Crippen LogP contribution in [0.25, 0.3) is 0 Å². The van der Waals surface area contributed by atoms with E-state index in [0.29, 0.717) is 5.75 Å². The van der Waals surface area contributed by atoms with Gasteiger partial charge in [-0.1, -0.05) is 20.3 Å². The second kappa shape index (κ2) is 7.75. The van der Waals surface area contributed by atoms with E-state index in [2.05, 4.69) is 31.3 Å². The molecule has 1 aromatic rings. The molecule has 1 fully saturated rings. The largest absolute Gasteiger partial charge is 0.312 e. The average molecular weight is 330 g/mol. The minimum Gasteiger partial charge on any atom is -0.312 e. The van der Waals surface area contributed by atoms with Gasteiger partial charge in [-0.3, -0.25) is 0 Å². The van der Waals surface area contributed by atoms with E-state index in [-0.39, 0.29) is 11.3 Å². The maximum absolute atomic E-state index is 12.4. The van der Waals surface area contributed by atoms with Gasteiger partial charge >= 0.3 is 0 Å². The van der Waals surface area contributed by atoms with Gasteiger partial charge in [0.05, 0.1) is 11.0 Å². The highest BCUT2D eigenvalue weighted by atomic mass is 32.2. The summed E-state index contributed by atoms with van der Waals surface area (Å²) in [6, 6.07) is 4.41. The lowest BCUT2D eigenvalue weighted by atomic mass is 10.0. The fourth-order valence-corrected chi connectivity index (χ4v) is 6.18. The molecule has 2 heterocycles. The van der Waals surface area contributed by atoms with Crippen LogP contribution in [0.15, 0.2) is 12.1 Å². The number of sulfone groups is 1. The van der Waals surface area contributed by atoms with Crippen molar-refractivity contribution in [3.05, 3.63) is 21.9 Å². The van der Waals surface area contributed by atoms with Crippen molar-refractivity contribution in [2.75, 3.05) is 12.3 Å². The molecule has 0 radical (unpaired) electrons. The van der Waals surface area contributed by atoms with Crippen LogP contribution in [0.2, 0.25) is 0 Å². The Morgan fingerprint density at radius 1 is 1.29 bits per heavy atom. The highest BCUT2D eigenvalue weighted by Crippen LogP contribution is 2.26. The maximum atomic E-state index is 12.4. The van der Waals surface area contributed by atoms with Gasteiger partial charge in [-0.15, -0.1) is 11.3 Å². The molecule has 5 heteroatoms. The number of hydrogen-bond acceptors (Lipinski definition) is 4. The third-order valence-electron chi connectivity index (χ3n) is 4.22. The van der Waals surface area contributed by atoms with Crippen LogP contribution in [0.1, 0.15) is 49.3 Å². The molecule has 21 heavy (non-hydrogen) atoms. The Labute approximate surface area is 133 Å². The molecule has 0 saturated carbocycles. The molecule has 2 atom stereocenters. The summed E-state index contributed by atoms with van der Waals surface area (Å²) in [7, 11) is -2.93. The zero-order chi connectivity index (χ0) is 15.3. The van der Waals surface area contributed by atoms with Gasteiger partial charge < -0.3 is 5.32 Å². The Bertz CT molecular complexity index is 536. The molecule has 120 valence electrons. The average Bonchev–Trinajstić information content (AvgIpc) is 2.91. The van der Waals surface area contributed by atoms with Crippen molar-refractivity contribution in [1.29, 1.82) is 0 Å². The molecule has 1 aliphatic heterocycles. The number of nitrogens with one attached hydrogen (secondary N) is 1. The van der Waals surface area contributed by atoms with Crippen molar-refractivity contribution in [2.45, 2.75) is 63.7 Å². The molecular weight excluding hydrogens is 302 g/mol. The molecule has 0 aliphatic carbocycles. The van der Waals surface area contributed by atoms with Gasteiger partial charge in [-0.25, -0.2) is 8.42 Å². The minimum absolute atomic E-state index is 0.0682. The van der Waals surface area contributed by atoms with Gasteiger partial charge in [0.15, 0.2) is 9.84 Å². The minimum atomic E-state index is -2.93. The Balaban J connectivity index is 2.13. The predicted molar refractivity (Wildman–Crippen MR) is 90.9 cm³/mol. The number of hydrogen-bond donors (Lipinski definition) is 1. The van der Waals surface area contributed by atoms with Gasteiger partial charge in [0.1, 0.15) is 0 Å². The van der Waals surface area contributed by atoms with E-state index in [1.165, 1.54) is 9.75 Å². The van der Waals surface area contributed by atoms with Crippen LogP contribution >= 0.6 is 11.3 Å². The maximum Gasteiger partial charge on any atom is 0.154 e. The standard InChI is InChI=1S/C16H27NO2S2/c1-3-10-17-15(12-14-9-8-13(4-2)20-14)16-7-5-6-11-21(16,18)19/h8-9,15-17H,3-7,10-12H2,1-2H3. The second-order valence-electron chi connectivity index (χ2n) is 5.89. The van der Waals surface area contributed by atoms with Crippen molar-refractivity contribution in [3.63, 3.8) is 0 Å². The first kappa shape index (κ1) is 17.0. The van der Waals surface area contributed by atoms with Crippen LogP contribution in [-0.4, -0.2) is 32.0 Å². The van der Waals surface area contributed by atoms with Crippen molar-refractivity contribution in [1.82, 2.24) is 5.32 Å². The van der Waals surface area contributed by atoms with Crippen LogP contribution < -0.4 is 5.32 Å². The second-order valence-corrected chi connectivity index (χ2v) is 9.48. The van der Waals surface area contributed by atoms with E-state index >= 15 is 0 Å². The lowest BCUT2D eigenvalue weighted by molar-refractivity contribution is 0.435. The third-order valence-corrected chi connectivity index (χ3v) is 7.82. The SMILES string of the molecule is CCCNC(Cc1ccc(CC)s1)C1CCCCS1(=O)=O. The van der Waals surface area contributed by atoms with Crippen LogP contribution in [0.3, 0.4) is 0 Å². The number of thiophene rings is 1. The van der Waals surface area contributed by atoms with Crippen LogP contribution in [-0.2, 0) is 22.7 Å². The van der Waals surface area contributed by atoms with E-state index < -0.39 is 9.84 Å². The number of aryl methyl sites for hydroxylation is 1. The Hall–Kier alpha value is -0.390. The normalized spacial score (nSPS) is 23.0. The summed E-state index contributed by atoms with van der Waals surface area (Å²) in [6.45, 7) is 5.18. The molecule has 2 unspecified atom stereocenters. The third kappa shape index (κ3) is 4.54. The highest BCUT2D eigenvalue weighted by Gasteiger charge is 2.35. The van der Waals surface area contributed by atoms with Gasteiger partial charge in [0.25, 0.3) is 0 Å². The molecule has 0 amide bonds. The molecule has 0 aromatic carbocycles. The number of rotatable bonds is 7. The van der Waals surface area contributed by atoms with Crippen molar-refractivity contribution < 1.29 is 8.42 Å². The summed E-state index contributed by atoms with van der Waals surface area (Å²) < 4.78 is 24.8. The Morgan fingerprint density at radius 2 is 2.05 bits per heavy atom. The lowest BCUT2D eigenvalue weighted by Gasteiger charge is -2.30. The summed E-state index contributed by atoms with van der Waals surface area (Å²) in [6.07, 6.45) is 5.62. The zero-order valence-electron chi connectivity index (χ0n) is 13.1. The van der Waals surface area contributed by atoms with E-state index in [4.69, 9.17) is 0 Å². The van der Waals surface area contributed by atoms with Crippen molar-refractivity contribution in [3.8, 4) is 0 Å². The monoisotopic (exact) mass is 329 g/mol. The molecule has 0 spiro atoms. The summed E-state index contributed by atoms with van der Waals surface area (Å²) in [4.78, 5) is 2.69. The summed E-state index contributed by atoms with van der Waals surface area (Å²) in [5.74, 6) is 0.368. The first-order chi connectivity index (χ1) is 10.1. The van der Waals surface area contributed by atoms with Gasteiger partial charge in [0.2, 0.25) is 0 Å². The smallest absolute Gasteiger partial charge is 0.154 e. The first-order valence-electron chi connectivity index (χ1n) is 8.09. The van der Waals surface area contributed by atoms with Gasteiger partial charge in [-0.2, -0.15) is 0 Å². The summed E-state index contributed by atoms with van der Waals surface area (Å²) in [5.41, 5.74) is 0. The van der Waals surface area contributed by atoms with Crippen molar-refractivity contribution in [2.24, 2.45) is 0 Å². The quantitative estimate of drug-likeness (QED) is 0.835. The fraction of sp³-hybridized carbons (Fsp3) is 0.750. The Kier molecular flexibility index (Phi) is 6.26. The molecular formula is C16H27NO2S2. The van der Waals surface area contributed by atoms with Crippen LogP contribution in [0.4, 0.5) is 0 Å². The molecule has 1 saturated heterocycles. The molecule has 0 bridgehead atoms. The van der Waals surface area contributed by atoms with E-state index in [9.17, 15) is 8.42 Å². The molecule has 3 nitrogen and oxygen atoms in total. The predicted octanol–water partition coefficient (Wildman–Crippen LogP) is 3.19. The van der Waals surface area contributed by atoms with E-state index in [0.717, 1.165) is 45.1 Å². The molecule has 1 aromatic heterocycles. The topological polar surface area (TPSA) is 46.2 Å². The summed E-state index contributed by atoms with van der Waals surface area (Å²) >= 11 is 1.82. The fourth-order valence-electron chi connectivity index (χ4n) is 3.03. The van der Waals surface area contributed by atoms with E-state index in [1.807, 2.05) is 11.3 Å². The van der Waals surface area contributed by atoms with Crippen molar-refractivity contribution >= 4 is 21.2 Å². The molecule has 2 rings (SSSR count). The Morgan fingerprint density at radius 3 is 2.67 bits per heavy atom. The van der Waals surface area contributed by atoms with Gasteiger partial charge in [-0.05, 0) is 50.8 Å². The van der Waals surface area contributed by atoms with Gasteiger partial charge in [0, 0.05) is 15.8 Å². The lowest BCUT2D eigenvalue weighted by Crippen LogP contribution is -2.48. The molecule has 1 N–H and O–H groups in total. The summed E-state index contributed by atoms with van der Waals surface area (Å²) in [5, 5.41) is 3.29. The highest BCUT2D eigenvalue weighted by molar-refractivity contribution is 7.92. The zero-order valence-corrected chi connectivity index (χ0v) is 14.7. The molecule has 1 aliphatic rings. The van der Waals surface area contributed by atoms with Crippen LogP contribution in [0.5, 0.6) is 0 Å². The van der Waals surface area contributed by atoms with E-state index in [1.54, 1.807) is 0 Å².